The molecule has 2 aromatic heterocycles. The van der Waals surface area contributed by atoms with Crippen LogP contribution < -0.4 is 20.3 Å². The molecule has 1 unspecified atom stereocenters. The summed E-state index contributed by atoms with van der Waals surface area (Å²) in [5, 5.41) is 7.55. The number of aromatic nitrogens is 4. The van der Waals surface area contributed by atoms with Gasteiger partial charge in [-0.25, -0.2) is 9.67 Å². The molecule has 1 atom stereocenters. The number of ether oxygens (including phenoxy) is 2. The highest BCUT2D eigenvalue weighted by Gasteiger charge is 2.27. The molecule has 0 bridgehead atoms. The second kappa shape index (κ2) is 8.54. The summed E-state index contributed by atoms with van der Waals surface area (Å²) in [6.45, 7) is 1.27. The fraction of sp³-hybridized carbons (Fsp3) is 0.217. The molecule has 9 nitrogen and oxygen atoms in total. The molecule has 2 aromatic carbocycles. The summed E-state index contributed by atoms with van der Waals surface area (Å²) < 4.78 is 14.5. The van der Waals surface area contributed by atoms with Gasteiger partial charge < -0.3 is 14.8 Å². The molecule has 0 saturated carbocycles. The van der Waals surface area contributed by atoms with Gasteiger partial charge in [-0.3, -0.25) is 14.2 Å². The Kier molecular flexibility index (Phi) is 5.29. The summed E-state index contributed by atoms with van der Waals surface area (Å²) in [6.07, 6.45) is 2.32. The third-order valence-corrected chi connectivity index (χ3v) is 5.24. The van der Waals surface area contributed by atoms with E-state index < -0.39 is 6.10 Å². The Labute approximate surface area is 183 Å². The van der Waals surface area contributed by atoms with E-state index in [-0.39, 0.29) is 18.1 Å². The number of nitrogens with one attached hydrogen (secondary N) is 1. The molecule has 5 rings (SSSR count). The van der Waals surface area contributed by atoms with Crippen molar-refractivity contribution in [2.75, 3.05) is 13.2 Å². The second-order valence-electron chi connectivity index (χ2n) is 7.42. The van der Waals surface area contributed by atoms with Gasteiger partial charge in [0.15, 0.2) is 17.1 Å². The zero-order valence-corrected chi connectivity index (χ0v) is 17.2. The third kappa shape index (κ3) is 3.92. The van der Waals surface area contributed by atoms with Gasteiger partial charge in [-0.15, -0.1) is 0 Å². The van der Waals surface area contributed by atoms with Crippen molar-refractivity contribution in [1.29, 1.82) is 0 Å². The van der Waals surface area contributed by atoms with Crippen molar-refractivity contribution in [3.05, 3.63) is 83.0 Å². The molecule has 9 heteroatoms. The lowest BCUT2D eigenvalue weighted by atomic mass is 10.2. The maximum Gasteiger partial charge on any atom is 0.264 e. The van der Waals surface area contributed by atoms with Crippen molar-refractivity contribution in [1.82, 2.24) is 24.6 Å². The lowest BCUT2D eigenvalue weighted by molar-refractivity contribution is -0.130. The van der Waals surface area contributed by atoms with E-state index in [9.17, 15) is 9.59 Å². The van der Waals surface area contributed by atoms with Gasteiger partial charge in [0.2, 0.25) is 6.10 Å². The number of carbonyl (C=O) groups is 1. The Morgan fingerprint density at radius 3 is 2.72 bits per heavy atom. The first kappa shape index (κ1) is 19.8. The Morgan fingerprint density at radius 2 is 1.88 bits per heavy atom. The van der Waals surface area contributed by atoms with Crippen LogP contribution in [0.1, 0.15) is 5.56 Å². The van der Waals surface area contributed by atoms with Crippen molar-refractivity contribution >= 4 is 16.9 Å². The first-order valence-electron chi connectivity index (χ1n) is 10.3. The predicted octanol–water partition coefficient (Wildman–Crippen LogP) is 1.60. The van der Waals surface area contributed by atoms with Crippen molar-refractivity contribution in [2.45, 2.75) is 19.2 Å². The van der Waals surface area contributed by atoms with Gasteiger partial charge in [-0.1, -0.05) is 42.5 Å². The van der Waals surface area contributed by atoms with Gasteiger partial charge >= 0.3 is 0 Å². The fourth-order valence-corrected chi connectivity index (χ4v) is 3.60. The summed E-state index contributed by atoms with van der Waals surface area (Å²) in [7, 11) is 0. The van der Waals surface area contributed by atoms with Crippen LogP contribution in [0.3, 0.4) is 0 Å². The highest BCUT2D eigenvalue weighted by atomic mass is 16.6. The minimum Gasteiger partial charge on any atom is -0.485 e. The Balaban J connectivity index is 1.22. The van der Waals surface area contributed by atoms with Crippen LogP contribution >= 0.6 is 0 Å². The van der Waals surface area contributed by atoms with Crippen LogP contribution in [0, 0.1) is 0 Å². The Bertz CT molecular complexity index is 1310. The van der Waals surface area contributed by atoms with Gasteiger partial charge in [0.1, 0.15) is 18.3 Å². The summed E-state index contributed by atoms with van der Waals surface area (Å²) in [5.41, 5.74) is 1.35. The first-order valence-corrected chi connectivity index (χ1v) is 10.3. The number of carbonyl (C=O) groups excluding carboxylic acids is 1. The largest absolute Gasteiger partial charge is 0.485 e. The number of nitrogens with zero attached hydrogens (tertiary/aromatic N) is 4. The molecule has 0 aliphatic carbocycles. The van der Waals surface area contributed by atoms with Crippen LogP contribution in [0.25, 0.3) is 11.0 Å². The second-order valence-corrected chi connectivity index (χ2v) is 7.42. The molecule has 32 heavy (non-hydrogen) atoms. The van der Waals surface area contributed by atoms with Crippen molar-refractivity contribution in [2.24, 2.45) is 0 Å². The highest BCUT2D eigenvalue weighted by molar-refractivity contribution is 5.81. The number of para-hydroxylation sites is 2. The lowest BCUT2D eigenvalue weighted by Crippen LogP contribution is -2.44. The quantitative estimate of drug-likeness (QED) is 0.498. The molecule has 0 fully saturated rings. The minimum atomic E-state index is -0.720. The Hall–Kier alpha value is -4.14. The number of fused-ring (bicyclic) bond motifs is 2. The fourth-order valence-electron chi connectivity index (χ4n) is 3.60. The van der Waals surface area contributed by atoms with E-state index in [0.29, 0.717) is 42.2 Å². The van der Waals surface area contributed by atoms with E-state index in [2.05, 4.69) is 15.4 Å². The van der Waals surface area contributed by atoms with Crippen LogP contribution in [-0.4, -0.2) is 44.5 Å². The lowest BCUT2D eigenvalue weighted by Gasteiger charge is -2.25. The smallest absolute Gasteiger partial charge is 0.264 e. The summed E-state index contributed by atoms with van der Waals surface area (Å²) >= 11 is 0. The standard InChI is InChI=1S/C23H21N5O4/c29-22(20-14-31-18-8-4-5-9-19(18)32-20)24-10-11-28-21-17(12-26-28)23(30)27(15-25-21)13-16-6-2-1-3-7-16/h1-9,12,15,20H,10-11,13-14H2,(H,24,29). The molecule has 1 amide bonds. The van der Waals surface area contributed by atoms with E-state index in [4.69, 9.17) is 9.47 Å². The van der Waals surface area contributed by atoms with Crippen LogP contribution in [0.2, 0.25) is 0 Å². The molecule has 0 saturated heterocycles. The molecule has 1 N–H and O–H groups in total. The van der Waals surface area contributed by atoms with Crippen LogP contribution in [-0.2, 0) is 17.9 Å². The average Bonchev–Trinajstić information content (AvgIpc) is 3.25. The zero-order chi connectivity index (χ0) is 21.9. The molecule has 0 spiro atoms. The number of rotatable bonds is 6. The van der Waals surface area contributed by atoms with Gasteiger partial charge in [0.25, 0.3) is 11.5 Å². The molecule has 1 aliphatic heterocycles. The highest BCUT2D eigenvalue weighted by Crippen LogP contribution is 2.30. The van der Waals surface area contributed by atoms with E-state index >= 15 is 0 Å². The van der Waals surface area contributed by atoms with Gasteiger partial charge in [-0.2, -0.15) is 5.10 Å². The van der Waals surface area contributed by atoms with Crippen LogP contribution in [0.4, 0.5) is 0 Å². The van der Waals surface area contributed by atoms with E-state index in [1.807, 2.05) is 42.5 Å². The molecule has 3 heterocycles. The number of hydrogen-bond donors (Lipinski definition) is 1. The molecule has 4 aromatic rings. The third-order valence-electron chi connectivity index (χ3n) is 5.24. The monoisotopic (exact) mass is 431 g/mol. The van der Waals surface area contributed by atoms with Crippen LogP contribution in [0.15, 0.2) is 71.9 Å². The summed E-state index contributed by atoms with van der Waals surface area (Å²) in [4.78, 5) is 29.7. The summed E-state index contributed by atoms with van der Waals surface area (Å²) in [5.74, 6) is 0.908. The van der Waals surface area contributed by atoms with Crippen molar-refractivity contribution in [3.8, 4) is 11.5 Å². The van der Waals surface area contributed by atoms with Gasteiger partial charge in [-0.05, 0) is 17.7 Å². The molecular weight excluding hydrogens is 410 g/mol. The molecular formula is C23H21N5O4. The normalized spacial score (nSPS) is 14.9. The zero-order valence-electron chi connectivity index (χ0n) is 17.2. The molecule has 1 aliphatic rings. The number of amides is 1. The van der Waals surface area contributed by atoms with Gasteiger partial charge in [0.05, 0.1) is 19.3 Å². The molecule has 0 radical (unpaired) electrons. The Morgan fingerprint density at radius 1 is 1.09 bits per heavy atom. The molecule has 162 valence electrons. The van der Waals surface area contributed by atoms with Crippen molar-refractivity contribution < 1.29 is 14.3 Å². The first-order chi connectivity index (χ1) is 15.7. The minimum absolute atomic E-state index is 0.149. The maximum atomic E-state index is 12.8. The number of benzene rings is 2. The topological polar surface area (TPSA) is 100 Å². The van der Waals surface area contributed by atoms with E-state index in [1.54, 1.807) is 21.4 Å². The maximum absolute atomic E-state index is 12.8. The summed E-state index contributed by atoms with van der Waals surface area (Å²) in [6, 6.07) is 17.0. The number of hydrogen-bond acceptors (Lipinski definition) is 6. The average molecular weight is 431 g/mol. The van der Waals surface area contributed by atoms with Gasteiger partial charge in [0, 0.05) is 6.54 Å². The predicted molar refractivity (Wildman–Crippen MR) is 117 cm³/mol. The van der Waals surface area contributed by atoms with E-state index in [1.165, 1.54) is 12.5 Å². The van der Waals surface area contributed by atoms with Crippen molar-refractivity contribution in [3.63, 3.8) is 0 Å². The SMILES string of the molecule is O=C(NCCn1ncc2c(=O)n(Cc3ccccc3)cnc21)C1COc2ccccc2O1. The van der Waals surface area contributed by atoms with Crippen LogP contribution in [0.5, 0.6) is 11.5 Å². The van der Waals surface area contributed by atoms with E-state index in [0.717, 1.165) is 5.56 Å².